The molecule has 1 rings (SSSR count). The normalized spacial score (nSPS) is 29.6. The highest BCUT2D eigenvalue weighted by Gasteiger charge is 2.34. The predicted octanol–water partition coefficient (Wildman–Crippen LogP) is 1.37. The second-order valence-corrected chi connectivity index (χ2v) is 4.39. The van der Waals surface area contributed by atoms with Gasteiger partial charge in [-0.2, -0.15) is 0 Å². The van der Waals surface area contributed by atoms with Crippen LogP contribution in [0.1, 0.15) is 20.3 Å². The predicted molar refractivity (Wildman–Crippen MR) is 48.5 cm³/mol. The Labute approximate surface area is 76.5 Å². The van der Waals surface area contributed by atoms with Crippen molar-refractivity contribution < 1.29 is 14.6 Å². The Balaban J connectivity index is 2.46. The Morgan fingerprint density at radius 1 is 1.67 bits per heavy atom. The Morgan fingerprint density at radius 2 is 2.33 bits per heavy atom. The van der Waals surface area contributed by atoms with Crippen molar-refractivity contribution in [2.24, 2.45) is 0 Å². The van der Waals surface area contributed by atoms with Gasteiger partial charge in [-0.3, -0.25) is 4.79 Å². The highest BCUT2D eigenvalue weighted by molar-refractivity contribution is 8.00. The van der Waals surface area contributed by atoms with Crippen LogP contribution in [0.2, 0.25) is 0 Å². The van der Waals surface area contributed by atoms with Crippen molar-refractivity contribution in [2.75, 3.05) is 5.75 Å². The van der Waals surface area contributed by atoms with Gasteiger partial charge in [-0.25, -0.2) is 0 Å². The first-order valence-corrected chi connectivity index (χ1v) is 5.16. The minimum Gasteiger partial charge on any atom is -0.480 e. The maximum Gasteiger partial charge on any atom is 0.319 e. The Hall–Kier alpha value is -0.220. The van der Waals surface area contributed by atoms with Crippen LogP contribution in [-0.2, 0) is 9.53 Å². The zero-order chi connectivity index (χ0) is 9.14. The lowest BCUT2D eigenvalue weighted by Gasteiger charge is -2.18. The fourth-order valence-corrected chi connectivity index (χ4v) is 2.47. The molecule has 0 aliphatic carbocycles. The smallest absolute Gasteiger partial charge is 0.319 e. The number of hydrogen-bond acceptors (Lipinski definition) is 3. The van der Waals surface area contributed by atoms with Crippen LogP contribution in [0, 0.1) is 0 Å². The molecule has 4 heteroatoms. The van der Waals surface area contributed by atoms with Crippen molar-refractivity contribution in [3.05, 3.63) is 0 Å². The van der Waals surface area contributed by atoms with Crippen molar-refractivity contribution in [1.82, 2.24) is 0 Å². The summed E-state index contributed by atoms with van der Waals surface area (Å²) in [4.78, 5) is 10.7. The third-order valence-electron chi connectivity index (χ3n) is 1.73. The highest BCUT2D eigenvalue weighted by atomic mass is 32.2. The number of carboxylic acid groups (broad SMARTS) is 1. The molecule has 0 bridgehead atoms. The topological polar surface area (TPSA) is 46.5 Å². The molecule has 1 N–H and O–H groups in total. The molecule has 1 fully saturated rings. The molecule has 12 heavy (non-hydrogen) atoms. The molecule has 1 saturated heterocycles. The van der Waals surface area contributed by atoms with E-state index in [0.29, 0.717) is 0 Å². The molecule has 0 aromatic heterocycles. The van der Waals surface area contributed by atoms with E-state index in [1.807, 2.05) is 13.8 Å². The summed E-state index contributed by atoms with van der Waals surface area (Å²) < 4.78 is 5.48. The standard InChI is InChI=1S/C8H14O3S/c1-5(2)11-6-3-4-12-7(6)8(9)10/h5-7H,3-4H2,1-2H3,(H,9,10). The fraction of sp³-hybridized carbons (Fsp3) is 0.875. The van der Waals surface area contributed by atoms with E-state index >= 15 is 0 Å². The molecule has 1 aliphatic heterocycles. The summed E-state index contributed by atoms with van der Waals surface area (Å²) in [5, 5.41) is 8.44. The maximum absolute atomic E-state index is 10.7. The second kappa shape index (κ2) is 4.14. The molecule has 0 amide bonds. The SMILES string of the molecule is CC(C)OC1CCSC1C(=O)O. The van der Waals surface area contributed by atoms with E-state index in [0.717, 1.165) is 12.2 Å². The van der Waals surface area contributed by atoms with E-state index in [1.54, 1.807) is 0 Å². The first-order chi connectivity index (χ1) is 5.61. The van der Waals surface area contributed by atoms with Crippen LogP contribution in [0.4, 0.5) is 0 Å². The number of hydrogen-bond donors (Lipinski definition) is 1. The third kappa shape index (κ3) is 2.38. The van der Waals surface area contributed by atoms with Gasteiger partial charge in [0, 0.05) is 0 Å². The van der Waals surface area contributed by atoms with Gasteiger partial charge >= 0.3 is 5.97 Å². The molecule has 2 atom stereocenters. The average Bonchev–Trinajstić information content (AvgIpc) is 2.33. The monoisotopic (exact) mass is 190 g/mol. The maximum atomic E-state index is 10.7. The molecule has 0 aromatic rings. The van der Waals surface area contributed by atoms with Crippen molar-refractivity contribution in [3.63, 3.8) is 0 Å². The minimum atomic E-state index is -0.747. The lowest BCUT2D eigenvalue weighted by atomic mass is 10.2. The van der Waals surface area contributed by atoms with Gasteiger partial charge in [-0.15, -0.1) is 11.8 Å². The molecule has 70 valence electrons. The molecule has 1 heterocycles. The molecule has 2 unspecified atom stereocenters. The number of carbonyl (C=O) groups is 1. The summed E-state index contributed by atoms with van der Waals surface area (Å²) in [5.74, 6) is 0.150. The number of rotatable bonds is 3. The van der Waals surface area contributed by atoms with Gasteiger partial charge in [0.2, 0.25) is 0 Å². The third-order valence-corrected chi connectivity index (χ3v) is 3.06. The lowest BCUT2D eigenvalue weighted by Crippen LogP contribution is -2.31. The van der Waals surface area contributed by atoms with Crippen LogP contribution in [0.5, 0.6) is 0 Å². The van der Waals surface area contributed by atoms with E-state index in [9.17, 15) is 4.79 Å². The van der Waals surface area contributed by atoms with Crippen LogP contribution in [0.15, 0.2) is 0 Å². The molecule has 0 saturated carbocycles. The Bertz CT molecular complexity index is 170. The summed E-state index contributed by atoms with van der Waals surface area (Å²) in [6.45, 7) is 3.86. The van der Waals surface area contributed by atoms with Crippen LogP contribution in [0.3, 0.4) is 0 Å². The molecule has 3 nitrogen and oxygen atoms in total. The summed E-state index contributed by atoms with van der Waals surface area (Å²) >= 11 is 1.48. The van der Waals surface area contributed by atoms with Gasteiger partial charge in [0.15, 0.2) is 0 Å². The van der Waals surface area contributed by atoms with E-state index in [2.05, 4.69) is 0 Å². The van der Waals surface area contributed by atoms with E-state index in [1.165, 1.54) is 11.8 Å². The summed E-state index contributed by atoms with van der Waals surface area (Å²) in [6, 6.07) is 0. The van der Waals surface area contributed by atoms with Gasteiger partial charge in [0.25, 0.3) is 0 Å². The van der Waals surface area contributed by atoms with E-state index in [-0.39, 0.29) is 17.5 Å². The zero-order valence-corrected chi connectivity index (χ0v) is 8.13. The summed E-state index contributed by atoms with van der Waals surface area (Å²) in [6.07, 6.45) is 0.892. The van der Waals surface area contributed by atoms with Crippen molar-refractivity contribution in [3.8, 4) is 0 Å². The molecule has 1 aliphatic rings. The van der Waals surface area contributed by atoms with Crippen molar-refractivity contribution in [2.45, 2.75) is 37.7 Å². The quantitative estimate of drug-likeness (QED) is 0.730. The van der Waals surface area contributed by atoms with Crippen molar-refractivity contribution in [1.29, 1.82) is 0 Å². The zero-order valence-electron chi connectivity index (χ0n) is 7.32. The Kier molecular flexibility index (Phi) is 3.40. The van der Waals surface area contributed by atoms with Gasteiger partial charge in [-0.05, 0) is 26.0 Å². The number of thioether (sulfide) groups is 1. The molecular formula is C8H14O3S. The number of carboxylic acids is 1. The van der Waals surface area contributed by atoms with E-state index in [4.69, 9.17) is 9.84 Å². The average molecular weight is 190 g/mol. The summed E-state index contributed by atoms with van der Waals surface area (Å²) in [7, 11) is 0. The molecule has 0 spiro atoms. The van der Waals surface area contributed by atoms with Crippen LogP contribution < -0.4 is 0 Å². The summed E-state index contributed by atoms with van der Waals surface area (Å²) in [5.41, 5.74) is 0. The second-order valence-electron chi connectivity index (χ2n) is 3.14. The van der Waals surface area contributed by atoms with Crippen LogP contribution >= 0.6 is 11.8 Å². The largest absolute Gasteiger partial charge is 0.480 e. The van der Waals surface area contributed by atoms with E-state index < -0.39 is 5.97 Å². The fourth-order valence-electron chi connectivity index (χ4n) is 1.29. The van der Waals surface area contributed by atoms with Gasteiger partial charge in [0.1, 0.15) is 5.25 Å². The number of ether oxygens (including phenoxy) is 1. The first kappa shape index (κ1) is 9.86. The highest BCUT2D eigenvalue weighted by Crippen LogP contribution is 2.29. The number of aliphatic carboxylic acids is 1. The van der Waals surface area contributed by atoms with Gasteiger partial charge in [-0.1, -0.05) is 0 Å². The minimum absolute atomic E-state index is 0.0903. The molecule has 0 radical (unpaired) electrons. The first-order valence-electron chi connectivity index (χ1n) is 4.11. The Morgan fingerprint density at radius 3 is 2.83 bits per heavy atom. The van der Waals surface area contributed by atoms with Crippen LogP contribution in [-0.4, -0.2) is 34.3 Å². The van der Waals surface area contributed by atoms with Gasteiger partial charge < -0.3 is 9.84 Å². The lowest BCUT2D eigenvalue weighted by molar-refractivity contribution is -0.139. The van der Waals surface area contributed by atoms with Crippen molar-refractivity contribution >= 4 is 17.7 Å². The molecule has 0 aromatic carbocycles. The molecular weight excluding hydrogens is 176 g/mol. The van der Waals surface area contributed by atoms with Crippen LogP contribution in [0.25, 0.3) is 0 Å². The van der Waals surface area contributed by atoms with Gasteiger partial charge in [0.05, 0.1) is 12.2 Å².